The molecule has 2 aromatic rings. The quantitative estimate of drug-likeness (QED) is 0.939. The van der Waals surface area contributed by atoms with Crippen LogP contribution in [0.1, 0.15) is 24.5 Å². The van der Waals surface area contributed by atoms with Gasteiger partial charge in [0.15, 0.2) is 5.43 Å². The fourth-order valence-corrected chi connectivity index (χ4v) is 2.60. The maximum atomic E-state index is 12.3. The number of hydrogen-bond donors (Lipinski definition) is 1. The number of nitrogens with one attached hydrogen (secondary N) is 1. The molecule has 1 N–H and O–H groups in total. The topological polar surface area (TPSA) is 51.3 Å². The number of pyridine rings is 1. The molecule has 1 aliphatic carbocycles. The minimum Gasteiger partial charge on any atom is -0.495 e. The Kier molecular flexibility index (Phi) is 2.90. The van der Waals surface area contributed by atoms with E-state index in [0.29, 0.717) is 33.3 Å². The number of methoxy groups -OCH3 is 2. The van der Waals surface area contributed by atoms with E-state index < -0.39 is 0 Å². The zero-order chi connectivity index (χ0) is 13.6. The number of H-pyrrole nitrogens is 1. The molecule has 1 fully saturated rings. The number of hydrogen-bond acceptors (Lipinski definition) is 3. The summed E-state index contributed by atoms with van der Waals surface area (Å²) in [5.74, 6) is 1.47. The zero-order valence-corrected chi connectivity index (χ0v) is 11.5. The van der Waals surface area contributed by atoms with Crippen molar-refractivity contribution in [3.8, 4) is 11.5 Å². The Hall–Kier alpha value is -1.68. The Bertz CT molecular complexity index is 704. The average molecular weight is 280 g/mol. The molecule has 1 heterocycles. The van der Waals surface area contributed by atoms with E-state index >= 15 is 0 Å². The van der Waals surface area contributed by atoms with Crippen LogP contribution in [0.4, 0.5) is 0 Å². The van der Waals surface area contributed by atoms with Crippen LogP contribution in [-0.4, -0.2) is 19.2 Å². The van der Waals surface area contributed by atoms with Crippen molar-refractivity contribution >= 4 is 22.5 Å². The first kappa shape index (κ1) is 12.4. The second-order valence-electron chi connectivity index (χ2n) is 4.71. The van der Waals surface area contributed by atoms with Crippen LogP contribution in [0.3, 0.4) is 0 Å². The van der Waals surface area contributed by atoms with Gasteiger partial charge < -0.3 is 14.5 Å². The predicted octanol–water partition coefficient (Wildman–Crippen LogP) is 3.08. The molecule has 3 rings (SSSR count). The first-order valence-electron chi connectivity index (χ1n) is 6.13. The summed E-state index contributed by atoms with van der Waals surface area (Å²) < 4.78 is 10.5. The highest BCUT2D eigenvalue weighted by atomic mass is 35.5. The van der Waals surface area contributed by atoms with Crippen molar-refractivity contribution < 1.29 is 9.47 Å². The van der Waals surface area contributed by atoms with Crippen molar-refractivity contribution in [3.05, 3.63) is 33.1 Å². The molecule has 1 aromatic heterocycles. The van der Waals surface area contributed by atoms with E-state index in [4.69, 9.17) is 21.1 Å². The molecule has 0 aliphatic heterocycles. The number of halogens is 1. The third kappa shape index (κ3) is 1.96. The minimum absolute atomic E-state index is 0.0992. The lowest BCUT2D eigenvalue weighted by Crippen LogP contribution is -2.07. The maximum Gasteiger partial charge on any atom is 0.191 e. The molecule has 5 heteroatoms. The van der Waals surface area contributed by atoms with E-state index in [9.17, 15) is 4.79 Å². The number of aromatic amines is 1. The Morgan fingerprint density at radius 3 is 2.47 bits per heavy atom. The zero-order valence-electron chi connectivity index (χ0n) is 10.7. The standard InChI is InChI=1S/C14H14ClNO3/c1-18-10-6-11(19-2)14-12(13(10)15)9(17)5-8(16-14)7-3-4-7/h5-7H,3-4H2,1-2H3,(H,16,17). The number of rotatable bonds is 3. The van der Waals surface area contributed by atoms with E-state index in [0.717, 1.165) is 18.5 Å². The van der Waals surface area contributed by atoms with Gasteiger partial charge in [-0.1, -0.05) is 11.6 Å². The maximum absolute atomic E-state index is 12.3. The molecule has 1 aromatic carbocycles. The molecule has 0 saturated heterocycles. The molecule has 0 spiro atoms. The lowest BCUT2D eigenvalue weighted by atomic mass is 10.1. The molecule has 1 aliphatic rings. The molecule has 1 saturated carbocycles. The monoisotopic (exact) mass is 279 g/mol. The highest BCUT2D eigenvalue weighted by molar-refractivity contribution is 6.37. The first-order valence-corrected chi connectivity index (χ1v) is 6.51. The van der Waals surface area contributed by atoms with E-state index in [1.807, 2.05) is 0 Å². The first-order chi connectivity index (χ1) is 9.15. The van der Waals surface area contributed by atoms with E-state index in [2.05, 4.69) is 4.98 Å². The number of ether oxygens (including phenoxy) is 2. The molecule has 19 heavy (non-hydrogen) atoms. The third-order valence-electron chi connectivity index (χ3n) is 3.45. The van der Waals surface area contributed by atoms with Crippen molar-refractivity contribution in [2.75, 3.05) is 14.2 Å². The second-order valence-corrected chi connectivity index (χ2v) is 5.09. The van der Waals surface area contributed by atoms with Gasteiger partial charge in [-0.3, -0.25) is 4.79 Å². The van der Waals surface area contributed by atoms with Crippen LogP contribution in [0.15, 0.2) is 16.9 Å². The van der Waals surface area contributed by atoms with E-state index in [1.165, 1.54) is 7.11 Å². The SMILES string of the molecule is COc1cc(OC)c2[nH]c(C3CC3)cc(=O)c2c1Cl. The van der Waals surface area contributed by atoms with Crippen molar-refractivity contribution in [1.29, 1.82) is 0 Å². The normalized spacial score (nSPS) is 14.7. The smallest absolute Gasteiger partial charge is 0.191 e. The summed E-state index contributed by atoms with van der Waals surface area (Å²) in [5, 5.41) is 0.740. The highest BCUT2D eigenvalue weighted by Crippen LogP contribution is 2.41. The minimum atomic E-state index is -0.0992. The molecule has 100 valence electrons. The molecule has 0 bridgehead atoms. The van der Waals surface area contributed by atoms with Gasteiger partial charge in [-0.15, -0.1) is 0 Å². The van der Waals surface area contributed by atoms with Gasteiger partial charge in [0.05, 0.1) is 30.1 Å². The Morgan fingerprint density at radius 1 is 1.21 bits per heavy atom. The molecule has 0 unspecified atom stereocenters. The van der Waals surface area contributed by atoms with E-state index in [1.54, 1.807) is 19.2 Å². The third-order valence-corrected chi connectivity index (χ3v) is 3.83. The van der Waals surface area contributed by atoms with Crippen LogP contribution in [0, 0.1) is 0 Å². The average Bonchev–Trinajstić information content (AvgIpc) is 3.23. The Labute approximate surface area is 115 Å². The summed E-state index contributed by atoms with van der Waals surface area (Å²) in [7, 11) is 3.07. The summed E-state index contributed by atoms with van der Waals surface area (Å²) in [6.07, 6.45) is 2.24. The molecule has 0 atom stereocenters. The predicted molar refractivity (Wildman–Crippen MR) is 74.7 cm³/mol. The van der Waals surface area contributed by atoms with Crippen molar-refractivity contribution in [3.63, 3.8) is 0 Å². The fraction of sp³-hybridized carbons (Fsp3) is 0.357. The number of aromatic nitrogens is 1. The van der Waals surface area contributed by atoms with Gasteiger partial charge in [0, 0.05) is 17.8 Å². The Balaban J connectivity index is 2.38. The largest absolute Gasteiger partial charge is 0.495 e. The highest BCUT2D eigenvalue weighted by Gasteiger charge is 2.26. The lowest BCUT2D eigenvalue weighted by Gasteiger charge is -2.12. The van der Waals surface area contributed by atoms with Gasteiger partial charge in [0.25, 0.3) is 0 Å². The van der Waals surface area contributed by atoms with Crippen molar-refractivity contribution in [1.82, 2.24) is 4.98 Å². The van der Waals surface area contributed by atoms with Gasteiger partial charge in [-0.25, -0.2) is 0 Å². The van der Waals surface area contributed by atoms with Crippen LogP contribution >= 0.6 is 11.6 Å². The van der Waals surface area contributed by atoms with E-state index in [-0.39, 0.29) is 5.43 Å². The van der Waals surface area contributed by atoms with Crippen LogP contribution in [0.25, 0.3) is 10.9 Å². The summed E-state index contributed by atoms with van der Waals surface area (Å²) in [6.45, 7) is 0. The second kappa shape index (κ2) is 4.46. The van der Waals surface area contributed by atoms with Crippen molar-refractivity contribution in [2.45, 2.75) is 18.8 Å². The van der Waals surface area contributed by atoms with Crippen LogP contribution in [0.5, 0.6) is 11.5 Å². The van der Waals surface area contributed by atoms with Gasteiger partial charge in [-0.2, -0.15) is 0 Å². The van der Waals surface area contributed by atoms with Crippen LogP contribution < -0.4 is 14.9 Å². The van der Waals surface area contributed by atoms with Gasteiger partial charge in [0.2, 0.25) is 0 Å². The number of benzene rings is 1. The summed E-state index contributed by atoms with van der Waals surface area (Å²) >= 11 is 6.22. The molecular formula is C14H14ClNO3. The Morgan fingerprint density at radius 2 is 1.89 bits per heavy atom. The fourth-order valence-electron chi connectivity index (χ4n) is 2.28. The van der Waals surface area contributed by atoms with Crippen LogP contribution in [-0.2, 0) is 0 Å². The summed E-state index contributed by atoms with van der Waals surface area (Å²) in [5.41, 5.74) is 1.50. The molecular weight excluding hydrogens is 266 g/mol. The summed E-state index contributed by atoms with van der Waals surface area (Å²) in [4.78, 5) is 15.5. The summed E-state index contributed by atoms with van der Waals surface area (Å²) in [6, 6.07) is 3.32. The molecule has 4 nitrogen and oxygen atoms in total. The number of fused-ring (bicyclic) bond motifs is 1. The van der Waals surface area contributed by atoms with Crippen molar-refractivity contribution in [2.24, 2.45) is 0 Å². The molecule has 0 amide bonds. The van der Waals surface area contributed by atoms with Gasteiger partial charge in [-0.05, 0) is 18.8 Å². The van der Waals surface area contributed by atoms with Gasteiger partial charge >= 0.3 is 0 Å². The molecule has 0 radical (unpaired) electrons. The van der Waals surface area contributed by atoms with Gasteiger partial charge in [0.1, 0.15) is 11.5 Å². The lowest BCUT2D eigenvalue weighted by molar-refractivity contribution is 0.397. The van der Waals surface area contributed by atoms with Crippen LogP contribution in [0.2, 0.25) is 5.02 Å².